The molecule has 5 nitrogen and oxygen atoms in total. The van der Waals surface area contributed by atoms with Gasteiger partial charge in [0.15, 0.2) is 6.61 Å². The van der Waals surface area contributed by atoms with E-state index in [-0.39, 0.29) is 24.9 Å². The van der Waals surface area contributed by atoms with Crippen molar-refractivity contribution in [2.75, 3.05) is 45.9 Å². The predicted molar refractivity (Wildman–Crippen MR) is 91.0 cm³/mol. The lowest BCUT2D eigenvalue weighted by molar-refractivity contribution is -0.123. The van der Waals surface area contributed by atoms with Gasteiger partial charge >= 0.3 is 0 Å². The molecule has 6 heteroatoms. The number of nitrogens with zero attached hydrogens (tertiary/aromatic N) is 1. The highest BCUT2D eigenvalue weighted by molar-refractivity contribution is 5.85. The highest BCUT2D eigenvalue weighted by Gasteiger charge is 2.10. The molecule has 0 bridgehead atoms. The first-order valence-electron chi connectivity index (χ1n) is 7.55. The fourth-order valence-electron chi connectivity index (χ4n) is 2.35. The van der Waals surface area contributed by atoms with E-state index < -0.39 is 0 Å². The molecule has 1 aromatic carbocycles. The van der Waals surface area contributed by atoms with E-state index in [0.29, 0.717) is 6.54 Å². The van der Waals surface area contributed by atoms with Crippen molar-refractivity contribution >= 4 is 18.3 Å². The Hall–Kier alpha value is -1.30. The Bertz CT molecular complexity index is 476. The van der Waals surface area contributed by atoms with Gasteiger partial charge in [0, 0.05) is 39.3 Å². The van der Waals surface area contributed by atoms with E-state index in [0.717, 1.165) is 49.6 Å². The lowest BCUT2D eigenvalue weighted by Crippen LogP contribution is -2.46. The van der Waals surface area contributed by atoms with Crippen LogP contribution in [0, 0.1) is 13.8 Å². The van der Waals surface area contributed by atoms with Crippen molar-refractivity contribution in [3.63, 3.8) is 0 Å². The number of carbonyl (C=O) groups is 1. The number of carbonyl (C=O) groups excluding carboxylic acids is 1. The van der Waals surface area contributed by atoms with E-state index in [1.54, 1.807) is 0 Å². The van der Waals surface area contributed by atoms with Crippen LogP contribution in [-0.4, -0.2) is 56.7 Å². The van der Waals surface area contributed by atoms with Crippen molar-refractivity contribution in [3.05, 3.63) is 29.3 Å². The average molecular weight is 328 g/mol. The summed E-state index contributed by atoms with van der Waals surface area (Å²) in [5, 5.41) is 6.22. The number of hydrogen-bond donors (Lipinski definition) is 2. The largest absolute Gasteiger partial charge is 0.483 e. The Morgan fingerprint density at radius 1 is 1.32 bits per heavy atom. The van der Waals surface area contributed by atoms with Gasteiger partial charge in [-0.05, 0) is 31.0 Å². The first kappa shape index (κ1) is 18.7. The van der Waals surface area contributed by atoms with Crippen LogP contribution in [0.2, 0.25) is 0 Å². The molecule has 2 N–H and O–H groups in total. The van der Waals surface area contributed by atoms with E-state index in [4.69, 9.17) is 4.74 Å². The van der Waals surface area contributed by atoms with Crippen LogP contribution in [0.25, 0.3) is 0 Å². The molecular weight excluding hydrogens is 302 g/mol. The molecule has 0 atom stereocenters. The molecule has 1 aliphatic heterocycles. The number of piperazine rings is 1. The van der Waals surface area contributed by atoms with Gasteiger partial charge in [-0.2, -0.15) is 0 Å². The van der Waals surface area contributed by atoms with Gasteiger partial charge in [-0.1, -0.05) is 12.1 Å². The molecule has 1 aliphatic rings. The zero-order chi connectivity index (χ0) is 15.1. The molecule has 1 saturated heterocycles. The Labute approximate surface area is 138 Å². The summed E-state index contributed by atoms with van der Waals surface area (Å²) >= 11 is 0. The quantitative estimate of drug-likeness (QED) is 0.822. The number of hydrogen-bond acceptors (Lipinski definition) is 4. The third-order valence-electron chi connectivity index (χ3n) is 3.66. The van der Waals surface area contributed by atoms with E-state index in [9.17, 15) is 4.79 Å². The lowest BCUT2D eigenvalue weighted by atomic mass is 10.1. The molecule has 1 aromatic rings. The SMILES string of the molecule is Cc1ccc(C)c(OCC(=O)NCCN2CCNCC2)c1.Cl. The molecule has 1 heterocycles. The van der Waals surface area contributed by atoms with Gasteiger partial charge in [0.25, 0.3) is 5.91 Å². The minimum Gasteiger partial charge on any atom is -0.483 e. The molecular formula is C16H26ClN3O2. The Balaban J connectivity index is 0.00000242. The molecule has 0 unspecified atom stereocenters. The van der Waals surface area contributed by atoms with E-state index in [2.05, 4.69) is 15.5 Å². The van der Waals surface area contributed by atoms with Crippen molar-refractivity contribution in [1.29, 1.82) is 0 Å². The predicted octanol–water partition coefficient (Wildman–Crippen LogP) is 1.13. The summed E-state index contributed by atoms with van der Waals surface area (Å²) in [5.41, 5.74) is 2.18. The first-order chi connectivity index (χ1) is 10.1. The molecule has 124 valence electrons. The number of nitrogens with one attached hydrogen (secondary N) is 2. The summed E-state index contributed by atoms with van der Waals surface area (Å²) in [7, 11) is 0. The second-order valence-corrected chi connectivity index (χ2v) is 5.50. The smallest absolute Gasteiger partial charge is 0.257 e. The lowest BCUT2D eigenvalue weighted by Gasteiger charge is -2.27. The summed E-state index contributed by atoms with van der Waals surface area (Å²) in [6.07, 6.45) is 0. The molecule has 0 spiro atoms. The Morgan fingerprint density at radius 3 is 2.77 bits per heavy atom. The highest BCUT2D eigenvalue weighted by Crippen LogP contribution is 2.18. The molecule has 2 rings (SSSR count). The maximum absolute atomic E-state index is 11.8. The van der Waals surface area contributed by atoms with Crippen molar-refractivity contribution < 1.29 is 9.53 Å². The maximum atomic E-state index is 11.8. The zero-order valence-corrected chi connectivity index (χ0v) is 14.2. The number of ether oxygens (including phenoxy) is 1. The van der Waals surface area contributed by atoms with Gasteiger partial charge in [-0.3, -0.25) is 9.69 Å². The molecule has 0 aliphatic carbocycles. The Kier molecular flexibility index (Phi) is 8.24. The third kappa shape index (κ3) is 6.22. The van der Waals surface area contributed by atoms with Crippen LogP contribution in [0.15, 0.2) is 18.2 Å². The van der Waals surface area contributed by atoms with Gasteiger partial charge in [-0.15, -0.1) is 12.4 Å². The van der Waals surface area contributed by atoms with Crippen LogP contribution in [0.3, 0.4) is 0 Å². The molecule has 22 heavy (non-hydrogen) atoms. The highest BCUT2D eigenvalue weighted by atomic mass is 35.5. The standard InChI is InChI=1S/C16H25N3O2.ClH/c1-13-3-4-14(2)15(11-13)21-12-16(20)18-7-10-19-8-5-17-6-9-19;/h3-4,11,17H,5-10,12H2,1-2H3,(H,18,20);1H. The van der Waals surface area contributed by atoms with E-state index >= 15 is 0 Å². The fourth-order valence-corrected chi connectivity index (χ4v) is 2.35. The van der Waals surface area contributed by atoms with Crippen LogP contribution in [0.4, 0.5) is 0 Å². The minimum atomic E-state index is -0.0639. The second kappa shape index (κ2) is 9.66. The van der Waals surface area contributed by atoms with Crippen LogP contribution >= 0.6 is 12.4 Å². The molecule has 0 saturated carbocycles. The van der Waals surface area contributed by atoms with E-state index in [1.807, 2.05) is 32.0 Å². The van der Waals surface area contributed by atoms with Crippen molar-refractivity contribution in [2.45, 2.75) is 13.8 Å². The minimum absolute atomic E-state index is 0. The molecule has 0 radical (unpaired) electrons. The van der Waals surface area contributed by atoms with Gasteiger partial charge in [0.2, 0.25) is 0 Å². The van der Waals surface area contributed by atoms with Gasteiger partial charge in [0.05, 0.1) is 0 Å². The molecule has 0 aromatic heterocycles. The maximum Gasteiger partial charge on any atom is 0.257 e. The number of halogens is 1. The van der Waals surface area contributed by atoms with Crippen LogP contribution in [0.5, 0.6) is 5.75 Å². The average Bonchev–Trinajstić information content (AvgIpc) is 2.49. The topological polar surface area (TPSA) is 53.6 Å². The third-order valence-corrected chi connectivity index (χ3v) is 3.66. The summed E-state index contributed by atoms with van der Waals surface area (Å²) in [6.45, 7) is 9.81. The molecule has 1 amide bonds. The number of benzene rings is 1. The number of amides is 1. The first-order valence-corrected chi connectivity index (χ1v) is 7.55. The number of rotatable bonds is 6. The van der Waals surface area contributed by atoms with Gasteiger partial charge < -0.3 is 15.4 Å². The van der Waals surface area contributed by atoms with Crippen molar-refractivity contribution in [2.24, 2.45) is 0 Å². The normalized spacial score (nSPS) is 15.0. The molecule has 1 fully saturated rings. The fraction of sp³-hybridized carbons (Fsp3) is 0.562. The summed E-state index contributed by atoms with van der Waals surface area (Å²) in [5.74, 6) is 0.721. The summed E-state index contributed by atoms with van der Waals surface area (Å²) in [6, 6.07) is 6.01. The van der Waals surface area contributed by atoms with Crippen LogP contribution < -0.4 is 15.4 Å². The Morgan fingerprint density at radius 2 is 2.05 bits per heavy atom. The van der Waals surface area contributed by atoms with Crippen molar-refractivity contribution in [3.8, 4) is 5.75 Å². The van der Waals surface area contributed by atoms with Crippen LogP contribution in [-0.2, 0) is 4.79 Å². The van der Waals surface area contributed by atoms with Gasteiger partial charge in [0.1, 0.15) is 5.75 Å². The van der Waals surface area contributed by atoms with Crippen molar-refractivity contribution in [1.82, 2.24) is 15.5 Å². The monoisotopic (exact) mass is 327 g/mol. The van der Waals surface area contributed by atoms with Crippen LogP contribution in [0.1, 0.15) is 11.1 Å². The number of aryl methyl sites for hydroxylation is 2. The zero-order valence-electron chi connectivity index (χ0n) is 13.4. The van der Waals surface area contributed by atoms with Gasteiger partial charge in [-0.25, -0.2) is 0 Å². The summed E-state index contributed by atoms with van der Waals surface area (Å²) in [4.78, 5) is 14.1. The van der Waals surface area contributed by atoms with E-state index in [1.165, 1.54) is 0 Å². The second-order valence-electron chi connectivity index (χ2n) is 5.50. The summed E-state index contributed by atoms with van der Waals surface area (Å²) < 4.78 is 5.59.